The lowest BCUT2D eigenvalue weighted by atomic mass is 10.1. The lowest BCUT2D eigenvalue weighted by Crippen LogP contribution is -2.35. The molecule has 3 nitrogen and oxygen atoms in total. The largest absolute Gasteiger partial charge is 0.455 e. The molecule has 0 atom stereocenters. The lowest BCUT2D eigenvalue weighted by Gasteiger charge is -2.21. The first-order valence-electron chi connectivity index (χ1n) is 7.29. The van der Waals surface area contributed by atoms with Crippen molar-refractivity contribution in [3.05, 3.63) is 53.3 Å². The number of hydrogen-bond donors (Lipinski definition) is 1. The minimum atomic E-state index is 0.121. The molecule has 0 spiro atoms. The summed E-state index contributed by atoms with van der Waals surface area (Å²) >= 11 is 0. The summed E-state index contributed by atoms with van der Waals surface area (Å²) in [4.78, 5) is 4.24. The van der Waals surface area contributed by atoms with Gasteiger partial charge in [-0.2, -0.15) is 0 Å². The first-order chi connectivity index (χ1) is 9.85. The number of rotatable bonds is 4. The number of aromatic nitrogens is 1. The first kappa shape index (κ1) is 15.5. The van der Waals surface area contributed by atoms with Crippen molar-refractivity contribution in [2.24, 2.45) is 0 Å². The van der Waals surface area contributed by atoms with Crippen LogP contribution in [0.15, 0.2) is 36.5 Å². The monoisotopic (exact) mass is 284 g/mol. The first-order valence-corrected chi connectivity index (χ1v) is 7.29. The molecule has 1 aromatic carbocycles. The molecule has 1 aromatic heterocycles. The number of nitrogens with one attached hydrogen (secondary N) is 1. The maximum Gasteiger partial charge on any atom is 0.148 e. The van der Waals surface area contributed by atoms with Crippen LogP contribution in [0.4, 0.5) is 0 Å². The fraction of sp³-hybridized carbons (Fsp3) is 0.389. The summed E-state index contributed by atoms with van der Waals surface area (Å²) < 4.78 is 5.96. The molecule has 3 heteroatoms. The van der Waals surface area contributed by atoms with Gasteiger partial charge in [0.05, 0.1) is 5.69 Å². The molecule has 0 unspecified atom stereocenters. The molecule has 0 saturated heterocycles. The Morgan fingerprint density at radius 3 is 2.48 bits per heavy atom. The normalized spacial score (nSPS) is 11.5. The van der Waals surface area contributed by atoms with Crippen molar-refractivity contribution in [3.8, 4) is 11.5 Å². The average Bonchev–Trinajstić information content (AvgIpc) is 2.41. The second-order valence-electron chi connectivity index (χ2n) is 6.39. The number of aryl methyl sites for hydroxylation is 2. The molecule has 0 aliphatic rings. The quantitative estimate of drug-likeness (QED) is 0.904. The predicted octanol–water partition coefficient (Wildman–Crippen LogP) is 4.38. The highest BCUT2D eigenvalue weighted by molar-refractivity contribution is 5.40. The molecule has 0 radical (unpaired) electrons. The molecular weight excluding hydrogens is 260 g/mol. The topological polar surface area (TPSA) is 34.1 Å². The van der Waals surface area contributed by atoms with Crippen LogP contribution >= 0.6 is 0 Å². The van der Waals surface area contributed by atoms with E-state index in [1.807, 2.05) is 25.1 Å². The van der Waals surface area contributed by atoms with Gasteiger partial charge in [-0.3, -0.25) is 4.98 Å². The highest BCUT2D eigenvalue weighted by Crippen LogP contribution is 2.27. The van der Waals surface area contributed by atoms with Gasteiger partial charge in [0.25, 0.3) is 0 Å². The van der Waals surface area contributed by atoms with Gasteiger partial charge < -0.3 is 10.1 Å². The fourth-order valence-electron chi connectivity index (χ4n) is 2.00. The molecular formula is C18H24N2O. The Morgan fingerprint density at radius 2 is 1.86 bits per heavy atom. The van der Waals surface area contributed by atoms with Crippen LogP contribution in [0.1, 0.15) is 37.6 Å². The Hall–Kier alpha value is -1.87. The number of benzene rings is 1. The van der Waals surface area contributed by atoms with Crippen molar-refractivity contribution in [3.63, 3.8) is 0 Å². The predicted molar refractivity (Wildman–Crippen MR) is 86.8 cm³/mol. The van der Waals surface area contributed by atoms with Crippen LogP contribution in [-0.2, 0) is 6.54 Å². The minimum Gasteiger partial charge on any atom is -0.455 e. The van der Waals surface area contributed by atoms with Crippen LogP contribution in [0.2, 0.25) is 0 Å². The van der Waals surface area contributed by atoms with E-state index in [0.29, 0.717) is 0 Å². The lowest BCUT2D eigenvalue weighted by molar-refractivity contribution is 0.424. The third-order valence-electron chi connectivity index (χ3n) is 3.24. The zero-order chi connectivity index (χ0) is 15.5. The zero-order valence-corrected chi connectivity index (χ0v) is 13.5. The summed E-state index contributed by atoms with van der Waals surface area (Å²) in [6.07, 6.45) is 1.77. The van der Waals surface area contributed by atoms with E-state index in [4.69, 9.17) is 4.74 Å². The molecule has 0 amide bonds. The van der Waals surface area contributed by atoms with E-state index >= 15 is 0 Å². The molecule has 1 N–H and O–H groups in total. The molecule has 1 heterocycles. The van der Waals surface area contributed by atoms with Crippen LogP contribution in [0.5, 0.6) is 11.5 Å². The molecule has 0 bridgehead atoms. The number of nitrogens with zero attached hydrogens (tertiary/aromatic N) is 1. The molecule has 2 aromatic rings. The number of hydrogen-bond acceptors (Lipinski definition) is 3. The van der Waals surface area contributed by atoms with E-state index in [2.05, 4.69) is 50.1 Å². The van der Waals surface area contributed by atoms with Crippen molar-refractivity contribution < 1.29 is 4.74 Å². The van der Waals surface area contributed by atoms with E-state index < -0.39 is 0 Å². The Balaban J connectivity index is 2.11. The van der Waals surface area contributed by atoms with Crippen LogP contribution in [0.3, 0.4) is 0 Å². The van der Waals surface area contributed by atoms with E-state index in [-0.39, 0.29) is 5.54 Å². The van der Waals surface area contributed by atoms with Crippen LogP contribution in [0, 0.1) is 13.8 Å². The highest BCUT2D eigenvalue weighted by atomic mass is 16.5. The van der Waals surface area contributed by atoms with Crippen molar-refractivity contribution in [1.82, 2.24) is 10.3 Å². The fourth-order valence-corrected chi connectivity index (χ4v) is 2.00. The SMILES string of the molecule is Cc1cc(CNC(C)(C)C)ccc1Oc1cccnc1C. The maximum atomic E-state index is 5.96. The molecule has 0 saturated carbocycles. The zero-order valence-electron chi connectivity index (χ0n) is 13.5. The Kier molecular flexibility index (Phi) is 4.63. The van der Waals surface area contributed by atoms with Gasteiger partial charge in [-0.25, -0.2) is 0 Å². The highest BCUT2D eigenvalue weighted by Gasteiger charge is 2.10. The summed E-state index contributed by atoms with van der Waals surface area (Å²) in [5.41, 5.74) is 3.41. The van der Waals surface area contributed by atoms with Crippen LogP contribution in [0.25, 0.3) is 0 Å². The minimum absolute atomic E-state index is 0.121. The van der Waals surface area contributed by atoms with E-state index in [1.165, 1.54) is 5.56 Å². The summed E-state index contributed by atoms with van der Waals surface area (Å²) in [6, 6.07) is 10.1. The number of ether oxygens (including phenoxy) is 1. The van der Waals surface area contributed by atoms with Gasteiger partial charge in [0.1, 0.15) is 11.5 Å². The Labute approximate surface area is 127 Å². The second kappa shape index (κ2) is 6.27. The van der Waals surface area contributed by atoms with Crippen molar-refractivity contribution in [2.45, 2.75) is 46.7 Å². The van der Waals surface area contributed by atoms with Gasteiger partial charge in [0, 0.05) is 18.3 Å². The van der Waals surface area contributed by atoms with E-state index in [0.717, 1.165) is 29.3 Å². The maximum absolute atomic E-state index is 5.96. The van der Waals surface area contributed by atoms with Gasteiger partial charge in [0.15, 0.2) is 0 Å². The molecule has 0 fully saturated rings. The van der Waals surface area contributed by atoms with Gasteiger partial charge >= 0.3 is 0 Å². The molecule has 0 aliphatic carbocycles. The summed E-state index contributed by atoms with van der Waals surface area (Å²) in [5, 5.41) is 3.49. The third-order valence-corrected chi connectivity index (χ3v) is 3.24. The van der Waals surface area contributed by atoms with E-state index in [9.17, 15) is 0 Å². The van der Waals surface area contributed by atoms with Crippen molar-refractivity contribution in [2.75, 3.05) is 0 Å². The standard InChI is InChI=1S/C18H24N2O/c1-13-11-15(12-20-18(3,4)5)8-9-16(13)21-17-7-6-10-19-14(17)2/h6-11,20H,12H2,1-5H3. The van der Waals surface area contributed by atoms with Gasteiger partial charge in [0.2, 0.25) is 0 Å². The molecule has 112 valence electrons. The Bertz CT molecular complexity index is 615. The van der Waals surface area contributed by atoms with Gasteiger partial charge in [-0.1, -0.05) is 12.1 Å². The third kappa shape index (κ3) is 4.57. The smallest absolute Gasteiger partial charge is 0.148 e. The van der Waals surface area contributed by atoms with Gasteiger partial charge in [-0.15, -0.1) is 0 Å². The summed E-state index contributed by atoms with van der Waals surface area (Å²) in [5.74, 6) is 1.69. The summed E-state index contributed by atoms with van der Waals surface area (Å²) in [6.45, 7) is 11.4. The molecule has 0 aliphatic heterocycles. The van der Waals surface area contributed by atoms with Crippen LogP contribution < -0.4 is 10.1 Å². The number of pyridine rings is 1. The molecule has 21 heavy (non-hydrogen) atoms. The van der Waals surface area contributed by atoms with Crippen molar-refractivity contribution >= 4 is 0 Å². The van der Waals surface area contributed by atoms with Crippen molar-refractivity contribution in [1.29, 1.82) is 0 Å². The van der Waals surface area contributed by atoms with E-state index in [1.54, 1.807) is 6.20 Å². The Morgan fingerprint density at radius 1 is 1.10 bits per heavy atom. The second-order valence-corrected chi connectivity index (χ2v) is 6.39. The summed E-state index contributed by atoms with van der Waals surface area (Å²) in [7, 11) is 0. The average molecular weight is 284 g/mol. The van der Waals surface area contributed by atoms with Gasteiger partial charge in [-0.05, 0) is 63.9 Å². The van der Waals surface area contributed by atoms with Crippen LogP contribution in [-0.4, -0.2) is 10.5 Å². The molecule has 2 rings (SSSR count).